The zero-order valence-electron chi connectivity index (χ0n) is 7.60. The molecule has 0 fully saturated rings. The zero-order chi connectivity index (χ0) is 9.80. The Morgan fingerprint density at radius 3 is 3.07 bits per heavy atom. The van der Waals surface area contributed by atoms with E-state index in [9.17, 15) is 0 Å². The summed E-state index contributed by atoms with van der Waals surface area (Å²) in [7, 11) is 0. The zero-order valence-corrected chi connectivity index (χ0v) is 8.42. The predicted octanol–water partition coefficient (Wildman–Crippen LogP) is 2.38. The normalized spacial score (nSPS) is 10.4. The highest BCUT2D eigenvalue weighted by atomic mass is 32.1. The molecule has 0 unspecified atom stereocenters. The maximum Gasteiger partial charge on any atom is 0.146 e. The summed E-state index contributed by atoms with van der Waals surface area (Å²) in [6.45, 7) is 0.974. The van der Waals surface area contributed by atoms with Crippen molar-refractivity contribution >= 4 is 11.3 Å². The van der Waals surface area contributed by atoms with Crippen molar-refractivity contribution in [3.63, 3.8) is 0 Å². The quantitative estimate of drug-likeness (QED) is 0.841. The number of nitrogens with two attached hydrogens (primary N) is 1. The van der Waals surface area contributed by atoms with Gasteiger partial charge in [-0.25, -0.2) is 0 Å². The fourth-order valence-corrected chi connectivity index (χ4v) is 1.85. The highest BCUT2D eigenvalue weighted by Crippen LogP contribution is 2.24. The summed E-state index contributed by atoms with van der Waals surface area (Å²) in [5, 5.41) is 1.97. The fraction of sp³-hybridized carbons (Fsp3) is 0.200. The number of ether oxygens (including phenoxy) is 1. The van der Waals surface area contributed by atoms with Crippen molar-refractivity contribution < 1.29 is 9.15 Å². The molecule has 0 radical (unpaired) electrons. The van der Waals surface area contributed by atoms with Crippen LogP contribution in [0.2, 0.25) is 0 Å². The Bertz CT molecular complexity index is 380. The second-order valence-corrected chi connectivity index (χ2v) is 3.78. The van der Waals surface area contributed by atoms with Crippen molar-refractivity contribution in [3.05, 3.63) is 40.5 Å². The molecule has 2 rings (SSSR count). The molecule has 14 heavy (non-hydrogen) atoms. The molecule has 0 aromatic carbocycles. The molecule has 0 spiro atoms. The first-order valence-electron chi connectivity index (χ1n) is 4.32. The number of hydrogen-bond donors (Lipinski definition) is 1. The highest BCUT2D eigenvalue weighted by Gasteiger charge is 2.04. The van der Waals surface area contributed by atoms with Gasteiger partial charge in [-0.3, -0.25) is 0 Å². The molecule has 0 saturated heterocycles. The van der Waals surface area contributed by atoms with Gasteiger partial charge in [-0.05, 0) is 23.6 Å². The first-order valence-corrected chi connectivity index (χ1v) is 5.19. The third-order valence-electron chi connectivity index (χ3n) is 1.84. The number of thiophene rings is 1. The first kappa shape index (κ1) is 9.30. The lowest BCUT2D eigenvalue weighted by Crippen LogP contribution is -1.98. The fourth-order valence-electron chi connectivity index (χ4n) is 1.15. The summed E-state index contributed by atoms with van der Waals surface area (Å²) in [5.41, 5.74) is 5.55. The smallest absolute Gasteiger partial charge is 0.146 e. The van der Waals surface area contributed by atoms with Crippen LogP contribution in [0.5, 0.6) is 5.75 Å². The van der Waals surface area contributed by atoms with Crippen LogP contribution < -0.4 is 10.5 Å². The van der Waals surface area contributed by atoms with Crippen LogP contribution in [0.3, 0.4) is 0 Å². The molecule has 0 saturated carbocycles. The second kappa shape index (κ2) is 4.30. The van der Waals surface area contributed by atoms with Gasteiger partial charge in [-0.2, -0.15) is 0 Å². The van der Waals surface area contributed by atoms with E-state index in [2.05, 4.69) is 0 Å². The molecule has 4 heteroatoms. The molecule has 3 nitrogen and oxygen atoms in total. The van der Waals surface area contributed by atoms with Gasteiger partial charge in [0, 0.05) is 6.54 Å². The molecule has 2 aromatic heterocycles. The van der Waals surface area contributed by atoms with E-state index >= 15 is 0 Å². The lowest BCUT2D eigenvalue weighted by atomic mass is 10.4. The molecule has 74 valence electrons. The Kier molecular flexibility index (Phi) is 2.86. The summed E-state index contributed by atoms with van der Waals surface area (Å²) in [5.74, 6) is 1.67. The molecular weight excluding hydrogens is 198 g/mol. The number of rotatable bonds is 4. The van der Waals surface area contributed by atoms with Crippen molar-refractivity contribution in [1.29, 1.82) is 0 Å². The van der Waals surface area contributed by atoms with Crippen LogP contribution in [0.15, 0.2) is 34.3 Å². The van der Waals surface area contributed by atoms with Crippen molar-refractivity contribution in [1.82, 2.24) is 0 Å². The molecule has 0 atom stereocenters. The standard InChI is InChI=1S/C10H11NO2S/c11-6-10-9(3-5-14-10)13-7-8-2-1-4-12-8/h1-5H,6-7,11H2. The Hall–Kier alpha value is -1.26. The van der Waals surface area contributed by atoms with E-state index in [1.807, 2.05) is 23.6 Å². The largest absolute Gasteiger partial charge is 0.484 e. The SMILES string of the molecule is NCc1sccc1OCc1ccco1. The Balaban J connectivity index is 1.98. The maximum absolute atomic E-state index is 5.55. The summed E-state index contributed by atoms with van der Waals surface area (Å²) in [6, 6.07) is 5.65. The molecule has 2 aromatic rings. The van der Waals surface area contributed by atoms with Crippen LogP contribution in [-0.2, 0) is 13.2 Å². The molecule has 2 N–H and O–H groups in total. The Morgan fingerprint density at radius 2 is 2.36 bits per heavy atom. The van der Waals surface area contributed by atoms with Gasteiger partial charge in [-0.1, -0.05) is 0 Å². The lowest BCUT2D eigenvalue weighted by Gasteiger charge is -2.03. The third-order valence-corrected chi connectivity index (χ3v) is 2.76. The van der Waals surface area contributed by atoms with Gasteiger partial charge in [-0.15, -0.1) is 11.3 Å². The molecule has 0 aliphatic rings. The van der Waals surface area contributed by atoms with Gasteiger partial charge in [0.25, 0.3) is 0 Å². The molecule has 0 aliphatic heterocycles. The number of furan rings is 1. The first-order chi connectivity index (χ1) is 6.90. The maximum atomic E-state index is 5.55. The van der Waals surface area contributed by atoms with Crippen LogP contribution in [-0.4, -0.2) is 0 Å². The summed E-state index contributed by atoms with van der Waals surface area (Å²) >= 11 is 1.61. The van der Waals surface area contributed by atoms with Crippen molar-refractivity contribution in [2.45, 2.75) is 13.2 Å². The van der Waals surface area contributed by atoms with E-state index in [-0.39, 0.29) is 0 Å². The van der Waals surface area contributed by atoms with Crippen molar-refractivity contribution in [3.8, 4) is 5.75 Å². The molecule has 0 aliphatic carbocycles. The monoisotopic (exact) mass is 209 g/mol. The molecule has 0 bridgehead atoms. The number of hydrogen-bond acceptors (Lipinski definition) is 4. The minimum Gasteiger partial charge on any atom is -0.484 e. The van der Waals surface area contributed by atoms with Crippen LogP contribution in [0.25, 0.3) is 0 Å². The van der Waals surface area contributed by atoms with Crippen LogP contribution in [0.1, 0.15) is 10.6 Å². The summed E-state index contributed by atoms with van der Waals surface area (Å²) in [4.78, 5) is 1.07. The van der Waals surface area contributed by atoms with Crippen molar-refractivity contribution in [2.75, 3.05) is 0 Å². The van der Waals surface area contributed by atoms with Crippen LogP contribution in [0, 0.1) is 0 Å². The Labute approximate surface area is 86.1 Å². The average molecular weight is 209 g/mol. The van der Waals surface area contributed by atoms with E-state index in [1.54, 1.807) is 17.6 Å². The lowest BCUT2D eigenvalue weighted by molar-refractivity contribution is 0.269. The van der Waals surface area contributed by atoms with Gasteiger partial charge >= 0.3 is 0 Å². The van der Waals surface area contributed by atoms with E-state index in [1.165, 1.54) is 0 Å². The van der Waals surface area contributed by atoms with E-state index in [0.29, 0.717) is 13.2 Å². The minimum atomic E-state index is 0.455. The summed E-state index contributed by atoms with van der Waals surface area (Å²) in [6.07, 6.45) is 1.64. The Morgan fingerprint density at radius 1 is 1.43 bits per heavy atom. The molecule has 0 amide bonds. The highest BCUT2D eigenvalue weighted by molar-refractivity contribution is 7.10. The van der Waals surface area contributed by atoms with Gasteiger partial charge < -0.3 is 14.9 Å². The van der Waals surface area contributed by atoms with Crippen molar-refractivity contribution in [2.24, 2.45) is 5.73 Å². The van der Waals surface area contributed by atoms with Gasteiger partial charge in [0.15, 0.2) is 0 Å². The minimum absolute atomic E-state index is 0.455. The van der Waals surface area contributed by atoms with E-state index in [0.717, 1.165) is 16.4 Å². The average Bonchev–Trinajstić information content (AvgIpc) is 2.85. The topological polar surface area (TPSA) is 48.4 Å². The summed E-state index contributed by atoms with van der Waals surface area (Å²) < 4.78 is 10.7. The van der Waals surface area contributed by atoms with Gasteiger partial charge in [0.2, 0.25) is 0 Å². The molecule has 2 heterocycles. The molecular formula is C10H11NO2S. The third kappa shape index (κ3) is 1.97. The van der Waals surface area contributed by atoms with Gasteiger partial charge in [0.1, 0.15) is 18.1 Å². The predicted molar refractivity (Wildman–Crippen MR) is 55.3 cm³/mol. The van der Waals surface area contributed by atoms with E-state index < -0.39 is 0 Å². The van der Waals surface area contributed by atoms with E-state index in [4.69, 9.17) is 14.9 Å². The second-order valence-electron chi connectivity index (χ2n) is 2.78. The van der Waals surface area contributed by atoms with Crippen LogP contribution >= 0.6 is 11.3 Å². The van der Waals surface area contributed by atoms with Gasteiger partial charge in [0.05, 0.1) is 11.1 Å². The van der Waals surface area contributed by atoms with Crippen LogP contribution in [0.4, 0.5) is 0 Å².